The zero-order chi connectivity index (χ0) is 15.6. The topological polar surface area (TPSA) is 27.7 Å². The van der Waals surface area contributed by atoms with E-state index in [9.17, 15) is 4.39 Å². The SMILES string of the molecule is CCOC(CCCCCc1cccc(F)c1)(O[SiH3])OCC. The zero-order valence-electron chi connectivity index (χ0n) is 13.4. The molecule has 0 aliphatic rings. The quantitative estimate of drug-likeness (QED) is 0.357. The maximum Gasteiger partial charge on any atom is 0.272 e. The van der Waals surface area contributed by atoms with Crippen molar-refractivity contribution in [2.75, 3.05) is 13.2 Å². The molecule has 1 rings (SSSR count). The predicted octanol–water partition coefficient (Wildman–Crippen LogP) is 2.95. The standard InChI is InChI=1S/C16H27FO3Si/c1-3-18-16(20-21,19-4-2)12-7-5-6-9-14-10-8-11-15(17)13-14/h8,10-11,13H,3-7,9,12H2,1-2,21H3. The fourth-order valence-electron chi connectivity index (χ4n) is 2.39. The second-order valence-corrected chi connectivity index (χ2v) is 5.35. The van der Waals surface area contributed by atoms with E-state index in [2.05, 4.69) is 0 Å². The van der Waals surface area contributed by atoms with E-state index in [0.29, 0.717) is 23.7 Å². The highest BCUT2D eigenvalue weighted by molar-refractivity contribution is 5.98. The number of benzene rings is 1. The lowest BCUT2D eigenvalue weighted by Gasteiger charge is -2.31. The first-order chi connectivity index (χ1) is 10.2. The highest BCUT2D eigenvalue weighted by Gasteiger charge is 2.29. The predicted molar refractivity (Wildman–Crippen MR) is 85.6 cm³/mol. The number of rotatable bonds is 11. The summed E-state index contributed by atoms with van der Waals surface area (Å²) in [7, 11) is 0.581. The van der Waals surface area contributed by atoms with Crippen molar-refractivity contribution in [1.82, 2.24) is 0 Å². The van der Waals surface area contributed by atoms with E-state index in [1.54, 1.807) is 12.1 Å². The van der Waals surface area contributed by atoms with Crippen LogP contribution in [-0.4, -0.2) is 29.7 Å². The van der Waals surface area contributed by atoms with E-state index < -0.39 is 5.97 Å². The molecule has 0 amide bonds. The van der Waals surface area contributed by atoms with Gasteiger partial charge in [-0.25, -0.2) is 4.39 Å². The molecule has 0 unspecified atom stereocenters. The van der Waals surface area contributed by atoms with Gasteiger partial charge in [0, 0.05) is 19.6 Å². The minimum Gasteiger partial charge on any atom is -0.380 e. The van der Waals surface area contributed by atoms with Crippen LogP contribution in [0.2, 0.25) is 0 Å². The van der Waals surface area contributed by atoms with Gasteiger partial charge in [0.05, 0.1) is 0 Å². The van der Waals surface area contributed by atoms with Crippen molar-refractivity contribution in [3.05, 3.63) is 35.6 Å². The molecule has 21 heavy (non-hydrogen) atoms. The van der Waals surface area contributed by atoms with Crippen LogP contribution in [0.15, 0.2) is 24.3 Å². The Kier molecular flexibility index (Phi) is 8.76. The molecule has 0 spiro atoms. The van der Waals surface area contributed by atoms with Crippen LogP contribution in [0, 0.1) is 5.82 Å². The van der Waals surface area contributed by atoms with Crippen LogP contribution in [0.25, 0.3) is 0 Å². The second-order valence-electron chi connectivity index (χ2n) is 4.94. The molecule has 1 aromatic carbocycles. The number of ether oxygens (including phenoxy) is 2. The molecule has 120 valence electrons. The van der Waals surface area contributed by atoms with Crippen LogP contribution < -0.4 is 0 Å². The molecule has 0 aromatic heterocycles. The fraction of sp³-hybridized carbons (Fsp3) is 0.625. The molecule has 0 saturated carbocycles. The van der Waals surface area contributed by atoms with Crippen LogP contribution >= 0.6 is 0 Å². The van der Waals surface area contributed by atoms with Crippen LogP contribution in [0.4, 0.5) is 4.39 Å². The number of unbranched alkanes of at least 4 members (excludes halogenated alkanes) is 2. The zero-order valence-corrected chi connectivity index (χ0v) is 15.4. The average molecular weight is 314 g/mol. The van der Waals surface area contributed by atoms with Crippen molar-refractivity contribution < 1.29 is 18.3 Å². The molecule has 1 aromatic rings. The van der Waals surface area contributed by atoms with Gasteiger partial charge in [-0.15, -0.1) is 0 Å². The molecule has 0 bridgehead atoms. The smallest absolute Gasteiger partial charge is 0.272 e. The van der Waals surface area contributed by atoms with Crippen LogP contribution in [-0.2, 0) is 20.3 Å². The average Bonchev–Trinajstić information content (AvgIpc) is 2.47. The molecule has 3 nitrogen and oxygen atoms in total. The summed E-state index contributed by atoms with van der Waals surface area (Å²) >= 11 is 0. The highest BCUT2D eigenvalue weighted by atomic mass is 28.2. The van der Waals surface area contributed by atoms with Crippen molar-refractivity contribution in [2.24, 2.45) is 0 Å². The first kappa shape index (κ1) is 18.3. The van der Waals surface area contributed by atoms with E-state index in [1.807, 2.05) is 19.9 Å². The molecule has 0 atom stereocenters. The maximum atomic E-state index is 13.1. The molecule has 5 heteroatoms. The Labute approximate surface area is 130 Å². The normalized spacial score (nSPS) is 12.0. The summed E-state index contributed by atoms with van der Waals surface area (Å²) in [5, 5.41) is 0. The molecule has 0 aliphatic heterocycles. The van der Waals surface area contributed by atoms with E-state index in [-0.39, 0.29) is 5.82 Å². The summed E-state index contributed by atoms with van der Waals surface area (Å²) in [5.41, 5.74) is 1.05. The van der Waals surface area contributed by atoms with Gasteiger partial charge in [0.1, 0.15) is 5.82 Å². The Bertz CT molecular complexity index is 395. The van der Waals surface area contributed by atoms with Crippen molar-refractivity contribution in [2.45, 2.75) is 51.9 Å². The van der Waals surface area contributed by atoms with Crippen molar-refractivity contribution in [1.29, 1.82) is 0 Å². The van der Waals surface area contributed by atoms with Gasteiger partial charge in [-0.3, -0.25) is 0 Å². The first-order valence-electron chi connectivity index (χ1n) is 7.73. The summed E-state index contributed by atoms with van der Waals surface area (Å²) < 4.78 is 29.9. The van der Waals surface area contributed by atoms with Gasteiger partial charge in [-0.1, -0.05) is 18.6 Å². The Hall–Kier alpha value is -0.753. The monoisotopic (exact) mass is 314 g/mol. The van der Waals surface area contributed by atoms with Gasteiger partial charge in [0.15, 0.2) is 10.5 Å². The Morgan fingerprint density at radius 3 is 2.38 bits per heavy atom. The van der Waals surface area contributed by atoms with Gasteiger partial charge >= 0.3 is 0 Å². The minimum absolute atomic E-state index is 0.163. The van der Waals surface area contributed by atoms with Gasteiger partial charge in [0.2, 0.25) is 0 Å². The molecule has 0 fully saturated rings. The molecular weight excluding hydrogens is 287 g/mol. The summed E-state index contributed by atoms with van der Waals surface area (Å²) in [6.45, 7) is 5.04. The van der Waals surface area contributed by atoms with Crippen LogP contribution in [0.1, 0.15) is 45.1 Å². The maximum absolute atomic E-state index is 13.1. The summed E-state index contributed by atoms with van der Waals surface area (Å²) in [5.74, 6) is -1.02. The minimum atomic E-state index is -0.853. The third-order valence-corrected chi connectivity index (χ3v) is 4.00. The van der Waals surface area contributed by atoms with E-state index in [1.165, 1.54) is 6.07 Å². The van der Waals surface area contributed by atoms with Gasteiger partial charge in [-0.05, 0) is 50.8 Å². The third kappa shape index (κ3) is 6.69. The lowest BCUT2D eigenvalue weighted by molar-refractivity contribution is -0.344. The molecular formula is C16H27FO3Si. The number of hydrogen-bond donors (Lipinski definition) is 0. The second kappa shape index (κ2) is 10.1. The summed E-state index contributed by atoms with van der Waals surface area (Å²) in [6, 6.07) is 6.81. The van der Waals surface area contributed by atoms with Gasteiger partial charge < -0.3 is 13.9 Å². The lowest BCUT2D eigenvalue weighted by Crippen LogP contribution is -2.38. The van der Waals surface area contributed by atoms with E-state index >= 15 is 0 Å². The fourth-order valence-corrected chi connectivity index (χ4v) is 2.83. The lowest BCUT2D eigenvalue weighted by atomic mass is 10.1. The molecule has 0 N–H and O–H groups in total. The first-order valence-corrected chi connectivity index (χ1v) is 8.55. The van der Waals surface area contributed by atoms with Crippen molar-refractivity contribution >= 4 is 10.5 Å². The number of hydrogen-bond acceptors (Lipinski definition) is 3. The Balaban J connectivity index is 2.30. The third-order valence-electron chi connectivity index (χ3n) is 3.38. The Morgan fingerprint density at radius 1 is 1.10 bits per heavy atom. The summed E-state index contributed by atoms with van der Waals surface area (Å²) in [4.78, 5) is 0. The van der Waals surface area contributed by atoms with Crippen LogP contribution in [0.5, 0.6) is 0 Å². The Morgan fingerprint density at radius 2 is 1.81 bits per heavy atom. The van der Waals surface area contributed by atoms with Gasteiger partial charge in [-0.2, -0.15) is 0 Å². The summed E-state index contributed by atoms with van der Waals surface area (Å²) in [6.07, 6.45) is 4.68. The highest BCUT2D eigenvalue weighted by Crippen LogP contribution is 2.22. The molecule has 0 radical (unpaired) electrons. The van der Waals surface area contributed by atoms with Gasteiger partial charge in [0.25, 0.3) is 5.97 Å². The number of halogens is 1. The largest absolute Gasteiger partial charge is 0.380 e. The van der Waals surface area contributed by atoms with Crippen LogP contribution in [0.3, 0.4) is 0 Å². The van der Waals surface area contributed by atoms with E-state index in [0.717, 1.165) is 37.7 Å². The van der Waals surface area contributed by atoms with E-state index in [4.69, 9.17) is 13.9 Å². The number of aryl methyl sites for hydroxylation is 1. The molecule has 0 heterocycles. The van der Waals surface area contributed by atoms with Crippen molar-refractivity contribution in [3.63, 3.8) is 0 Å². The molecule has 0 saturated heterocycles. The van der Waals surface area contributed by atoms with Crippen molar-refractivity contribution in [3.8, 4) is 0 Å². The molecule has 0 aliphatic carbocycles.